The van der Waals surface area contributed by atoms with E-state index in [1.165, 1.54) is 11.1 Å². The highest BCUT2D eigenvalue weighted by Gasteiger charge is 2.29. The van der Waals surface area contributed by atoms with Crippen molar-refractivity contribution in [1.82, 2.24) is 10.2 Å². The highest BCUT2D eigenvalue weighted by molar-refractivity contribution is 5.96. The molecule has 118 valence electrons. The number of aryl methyl sites for hydroxylation is 1. The number of rotatable bonds is 3. The van der Waals surface area contributed by atoms with E-state index in [1.54, 1.807) is 0 Å². The van der Waals surface area contributed by atoms with Crippen molar-refractivity contribution in [2.24, 2.45) is 5.73 Å². The molecule has 0 bridgehead atoms. The summed E-state index contributed by atoms with van der Waals surface area (Å²) in [6.07, 6.45) is 6.22. The first-order chi connectivity index (χ1) is 10.7. The smallest absolute Gasteiger partial charge is 0.312 e. The molecule has 22 heavy (non-hydrogen) atoms. The standard InChI is InChI=1S/C17H23N3O2/c18-17(22)19-11-13-7-1-2-10-20(13)16(21)15-9-4-6-12-5-3-8-14(12)15/h4,6,9,13H,1-3,5,7-8,10-11H2,(H3,18,19,22)/t13-/m0/s1. The Labute approximate surface area is 130 Å². The Morgan fingerprint density at radius 1 is 1.23 bits per heavy atom. The molecule has 0 unspecified atom stereocenters. The second-order valence-electron chi connectivity index (χ2n) is 6.19. The van der Waals surface area contributed by atoms with Crippen molar-refractivity contribution in [2.45, 2.75) is 44.6 Å². The summed E-state index contributed by atoms with van der Waals surface area (Å²) in [4.78, 5) is 25.9. The lowest BCUT2D eigenvalue weighted by atomic mass is 9.97. The summed E-state index contributed by atoms with van der Waals surface area (Å²) in [5.41, 5.74) is 8.55. The summed E-state index contributed by atoms with van der Waals surface area (Å²) in [5, 5.41) is 2.65. The summed E-state index contributed by atoms with van der Waals surface area (Å²) in [6, 6.07) is 5.57. The minimum absolute atomic E-state index is 0.0472. The Morgan fingerprint density at radius 2 is 2.09 bits per heavy atom. The number of hydrogen-bond acceptors (Lipinski definition) is 2. The van der Waals surface area contributed by atoms with E-state index in [0.717, 1.165) is 50.6 Å². The molecule has 1 atom stereocenters. The second kappa shape index (κ2) is 6.38. The fourth-order valence-corrected chi connectivity index (χ4v) is 3.67. The number of hydrogen-bond donors (Lipinski definition) is 2. The molecule has 5 nitrogen and oxygen atoms in total. The predicted molar refractivity (Wildman–Crippen MR) is 84.7 cm³/mol. The first-order valence-electron chi connectivity index (χ1n) is 8.12. The van der Waals surface area contributed by atoms with Gasteiger partial charge in [0.05, 0.1) is 0 Å². The van der Waals surface area contributed by atoms with Crippen molar-refractivity contribution in [3.63, 3.8) is 0 Å². The van der Waals surface area contributed by atoms with E-state index in [-0.39, 0.29) is 11.9 Å². The van der Waals surface area contributed by atoms with E-state index in [9.17, 15) is 9.59 Å². The molecule has 1 aromatic rings. The summed E-state index contributed by atoms with van der Waals surface area (Å²) >= 11 is 0. The van der Waals surface area contributed by atoms with Crippen LogP contribution in [0.5, 0.6) is 0 Å². The van der Waals surface area contributed by atoms with Gasteiger partial charge in [-0.2, -0.15) is 0 Å². The van der Waals surface area contributed by atoms with Crippen molar-refractivity contribution in [2.75, 3.05) is 13.1 Å². The molecular formula is C17H23N3O2. The normalized spacial score (nSPS) is 20.5. The van der Waals surface area contributed by atoms with Crippen LogP contribution in [-0.4, -0.2) is 36.0 Å². The zero-order chi connectivity index (χ0) is 15.5. The summed E-state index contributed by atoms with van der Waals surface area (Å²) in [7, 11) is 0. The fourth-order valence-electron chi connectivity index (χ4n) is 3.67. The molecule has 0 radical (unpaired) electrons. The van der Waals surface area contributed by atoms with Gasteiger partial charge in [0.2, 0.25) is 0 Å². The number of nitrogens with two attached hydrogens (primary N) is 1. The number of nitrogens with one attached hydrogen (secondary N) is 1. The van der Waals surface area contributed by atoms with Gasteiger partial charge in [0.15, 0.2) is 0 Å². The van der Waals surface area contributed by atoms with Crippen LogP contribution in [-0.2, 0) is 12.8 Å². The minimum atomic E-state index is -0.529. The van der Waals surface area contributed by atoms with Gasteiger partial charge in [-0.25, -0.2) is 4.79 Å². The molecule has 1 fully saturated rings. The fraction of sp³-hybridized carbons (Fsp3) is 0.529. The Hall–Kier alpha value is -2.04. The third kappa shape index (κ3) is 2.93. The SMILES string of the molecule is NC(=O)NC[C@@H]1CCCCN1C(=O)c1cccc2c1CCC2. The third-order valence-electron chi connectivity index (χ3n) is 4.78. The van der Waals surface area contributed by atoms with Gasteiger partial charge in [-0.1, -0.05) is 12.1 Å². The monoisotopic (exact) mass is 301 g/mol. The van der Waals surface area contributed by atoms with Crippen molar-refractivity contribution in [3.05, 3.63) is 34.9 Å². The van der Waals surface area contributed by atoms with E-state index >= 15 is 0 Å². The Balaban J connectivity index is 1.80. The van der Waals surface area contributed by atoms with E-state index in [2.05, 4.69) is 11.4 Å². The highest BCUT2D eigenvalue weighted by Crippen LogP contribution is 2.28. The van der Waals surface area contributed by atoms with Crippen LogP contribution in [0, 0.1) is 0 Å². The Kier molecular flexibility index (Phi) is 4.32. The second-order valence-corrected chi connectivity index (χ2v) is 6.19. The number of piperidine rings is 1. The van der Waals surface area contributed by atoms with E-state index in [1.807, 2.05) is 17.0 Å². The van der Waals surface area contributed by atoms with E-state index < -0.39 is 6.03 Å². The average Bonchev–Trinajstić information content (AvgIpc) is 3.01. The topological polar surface area (TPSA) is 75.4 Å². The number of carbonyl (C=O) groups is 2. The van der Waals surface area contributed by atoms with Gasteiger partial charge in [0.25, 0.3) is 5.91 Å². The zero-order valence-electron chi connectivity index (χ0n) is 12.8. The number of benzene rings is 1. The zero-order valence-corrected chi connectivity index (χ0v) is 12.8. The van der Waals surface area contributed by atoms with E-state index in [0.29, 0.717) is 6.54 Å². The van der Waals surface area contributed by atoms with Gasteiger partial charge >= 0.3 is 6.03 Å². The lowest BCUT2D eigenvalue weighted by Crippen LogP contribution is -2.50. The van der Waals surface area contributed by atoms with Crippen molar-refractivity contribution < 1.29 is 9.59 Å². The van der Waals surface area contributed by atoms with Gasteiger partial charge in [-0.05, 0) is 55.7 Å². The minimum Gasteiger partial charge on any atom is -0.352 e. The van der Waals surface area contributed by atoms with E-state index in [4.69, 9.17) is 5.73 Å². The number of nitrogens with zero attached hydrogens (tertiary/aromatic N) is 1. The van der Waals surface area contributed by atoms with Crippen LogP contribution >= 0.6 is 0 Å². The van der Waals surface area contributed by atoms with Gasteiger partial charge in [0.1, 0.15) is 0 Å². The molecular weight excluding hydrogens is 278 g/mol. The lowest BCUT2D eigenvalue weighted by Gasteiger charge is -2.36. The Morgan fingerprint density at radius 3 is 2.91 bits per heavy atom. The van der Waals surface area contributed by atoms with Crippen LogP contribution < -0.4 is 11.1 Å². The predicted octanol–water partition coefficient (Wildman–Crippen LogP) is 1.84. The molecule has 1 saturated heterocycles. The van der Waals surface area contributed by atoms with Crippen molar-refractivity contribution >= 4 is 11.9 Å². The number of carbonyl (C=O) groups excluding carboxylic acids is 2. The van der Waals surface area contributed by atoms with Crippen LogP contribution in [0.2, 0.25) is 0 Å². The summed E-state index contributed by atoms with van der Waals surface area (Å²) in [5.74, 6) is 0.106. The number of likely N-dealkylation sites (tertiary alicyclic amines) is 1. The van der Waals surface area contributed by atoms with Crippen LogP contribution in [0.1, 0.15) is 47.2 Å². The van der Waals surface area contributed by atoms with Crippen LogP contribution in [0.4, 0.5) is 4.79 Å². The summed E-state index contributed by atoms with van der Waals surface area (Å²) in [6.45, 7) is 1.20. The van der Waals surface area contributed by atoms with Crippen LogP contribution in [0.3, 0.4) is 0 Å². The molecule has 1 heterocycles. The van der Waals surface area contributed by atoms with Gasteiger partial charge in [-0.3, -0.25) is 4.79 Å². The molecule has 0 spiro atoms. The number of fused-ring (bicyclic) bond motifs is 1. The largest absolute Gasteiger partial charge is 0.352 e. The molecule has 5 heteroatoms. The molecule has 1 aromatic carbocycles. The van der Waals surface area contributed by atoms with Crippen molar-refractivity contribution in [3.8, 4) is 0 Å². The first-order valence-corrected chi connectivity index (χ1v) is 8.12. The van der Waals surface area contributed by atoms with Crippen molar-refractivity contribution in [1.29, 1.82) is 0 Å². The quantitative estimate of drug-likeness (QED) is 0.894. The first kappa shape index (κ1) is 14.9. The molecule has 3 amide bonds. The maximum absolute atomic E-state index is 13.0. The number of urea groups is 1. The van der Waals surface area contributed by atoms with Gasteiger partial charge in [0, 0.05) is 24.7 Å². The molecule has 0 aromatic heterocycles. The molecule has 1 aliphatic heterocycles. The Bertz CT molecular complexity index is 585. The number of amides is 3. The molecule has 2 aliphatic rings. The number of primary amides is 1. The maximum atomic E-state index is 13.0. The molecule has 3 N–H and O–H groups in total. The lowest BCUT2D eigenvalue weighted by molar-refractivity contribution is 0.0614. The van der Waals surface area contributed by atoms with Gasteiger partial charge < -0.3 is 16.0 Å². The maximum Gasteiger partial charge on any atom is 0.312 e. The molecule has 1 aliphatic carbocycles. The van der Waals surface area contributed by atoms with Crippen LogP contribution in [0.15, 0.2) is 18.2 Å². The summed E-state index contributed by atoms with van der Waals surface area (Å²) < 4.78 is 0. The molecule has 0 saturated carbocycles. The molecule has 3 rings (SSSR count). The van der Waals surface area contributed by atoms with Crippen LogP contribution in [0.25, 0.3) is 0 Å². The third-order valence-corrected chi connectivity index (χ3v) is 4.78. The van der Waals surface area contributed by atoms with Gasteiger partial charge in [-0.15, -0.1) is 0 Å². The average molecular weight is 301 g/mol. The highest BCUT2D eigenvalue weighted by atomic mass is 16.2.